The molecule has 1 aromatic carbocycles. The third-order valence-electron chi connectivity index (χ3n) is 3.62. The number of aryl methyl sites for hydroxylation is 2. The van der Waals surface area contributed by atoms with Crippen LogP contribution in [-0.4, -0.2) is 21.5 Å². The molecule has 2 aromatic rings. The van der Waals surface area contributed by atoms with E-state index in [0.717, 1.165) is 16.7 Å². The molecule has 0 atom stereocenters. The summed E-state index contributed by atoms with van der Waals surface area (Å²) in [5, 5.41) is 4.65. The van der Waals surface area contributed by atoms with Gasteiger partial charge in [0.15, 0.2) is 5.78 Å². The Morgan fingerprint density at radius 2 is 1.82 bits per heavy atom. The third-order valence-corrected chi connectivity index (χ3v) is 4.20. The van der Waals surface area contributed by atoms with Crippen LogP contribution in [-0.2, 0) is 11.8 Å². The molecule has 0 saturated heterocycles. The molecule has 0 bridgehead atoms. The number of hydrogen-bond acceptors (Lipinski definition) is 4. The quantitative estimate of drug-likeness (QED) is 0.644. The molecule has 0 aliphatic rings. The standard InChI is InChI=1S/C16H17ClN2O3/c1-8-6-12(9(2)10(3)14(8)17)15(21)13-7-18-19(5)16(13)22-11(4)20/h6-7H,1-5H3. The van der Waals surface area contributed by atoms with E-state index in [1.165, 1.54) is 17.8 Å². The molecular weight excluding hydrogens is 304 g/mol. The zero-order valence-electron chi connectivity index (χ0n) is 13.2. The summed E-state index contributed by atoms with van der Waals surface area (Å²) >= 11 is 6.21. The Bertz CT molecular complexity index is 778. The second-order valence-corrected chi connectivity index (χ2v) is 5.59. The van der Waals surface area contributed by atoms with Gasteiger partial charge in [0, 0.05) is 24.6 Å². The Morgan fingerprint density at radius 3 is 2.41 bits per heavy atom. The molecular formula is C16H17ClN2O3. The zero-order chi connectivity index (χ0) is 16.6. The van der Waals surface area contributed by atoms with E-state index in [1.54, 1.807) is 13.1 Å². The molecule has 1 heterocycles. The van der Waals surface area contributed by atoms with Crippen LogP contribution in [0.25, 0.3) is 0 Å². The predicted octanol–water partition coefficient (Wildman–Crippen LogP) is 3.16. The summed E-state index contributed by atoms with van der Waals surface area (Å²) in [7, 11) is 1.61. The SMILES string of the molecule is CC(=O)Oc1c(C(=O)c2cc(C)c(Cl)c(C)c2C)cnn1C. The fourth-order valence-electron chi connectivity index (χ4n) is 2.27. The highest BCUT2D eigenvalue weighted by Gasteiger charge is 2.23. The number of ketones is 1. The maximum absolute atomic E-state index is 12.8. The highest BCUT2D eigenvalue weighted by molar-refractivity contribution is 6.32. The van der Waals surface area contributed by atoms with E-state index in [-0.39, 0.29) is 17.2 Å². The monoisotopic (exact) mass is 320 g/mol. The molecule has 0 spiro atoms. The van der Waals surface area contributed by atoms with E-state index in [9.17, 15) is 9.59 Å². The van der Waals surface area contributed by atoms with Gasteiger partial charge >= 0.3 is 5.97 Å². The average Bonchev–Trinajstić information content (AvgIpc) is 2.80. The topological polar surface area (TPSA) is 61.2 Å². The van der Waals surface area contributed by atoms with Gasteiger partial charge in [-0.3, -0.25) is 9.59 Å². The summed E-state index contributed by atoms with van der Waals surface area (Å²) in [6.07, 6.45) is 1.40. The van der Waals surface area contributed by atoms with Crippen molar-refractivity contribution in [2.45, 2.75) is 27.7 Å². The van der Waals surface area contributed by atoms with Crippen molar-refractivity contribution < 1.29 is 14.3 Å². The molecule has 22 heavy (non-hydrogen) atoms. The van der Waals surface area contributed by atoms with Gasteiger partial charge in [-0.1, -0.05) is 11.6 Å². The first-order valence-electron chi connectivity index (χ1n) is 6.75. The van der Waals surface area contributed by atoms with Gasteiger partial charge < -0.3 is 4.74 Å². The molecule has 0 aliphatic heterocycles. The third kappa shape index (κ3) is 2.76. The largest absolute Gasteiger partial charge is 0.407 e. The van der Waals surface area contributed by atoms with Crippen molar-refractivity contribution in [1.82, 2.24) is 9.78 Å². The second-order valence-electron chi connectivity index (χ2n) is 5.21. The van der Waals surface area contributed by atoms with E-state index in [2.05, 4.69) is 5.10 Å². The molecule has 0 aliphatic carbocycles. The van der Waals surface area contributed by atoms with Gasteiger partial charge in [0.25, 0.3) is 0 Å². The number of carbonyl (C=O) groups excluding carboxylic acids is 2. The van der Waals surface area contributed by atoms with Crippen LogP contribution in [0.4, 0.5) is 0 Å². The summed E-state index contributed by atoms with van der Waals surface area (Å²) in [5.74, 6) is -0.607. The smallest absolute Gasteiger partial charge is 0.309 e. The van der Waals surface area contributed by atoms with Gasteiger partial charge in [-0.25, -0.2) is 4.68 Å². The van der Waals surface area contributed by atoms with E-state index in [0.29, 0.717) is 10.6 Å². The number of nitrogens with zero attached hydrogens (tertiary/aromatic N) is 2. The minimum Gasteiger partial charge on any atom is -0.407 e. The molecule has 0 N–H and O–H groups in total. The van der Waals surface area contributed by atoms with Crippen LogP contribution >= 0.6 is 11.6 Å². The number of rotatable bonds is 3. The van der Waals surface area contributed by atoms with Crippen LogP contribution in [0.5, 0.6) is 5.88 Å². The maximum Gasteiger partial charge on any atom is 0.309 e. The Labute approximate surface area is 133 Å². The van der Waals surface area contributed by atoms with Gasteiger partial charge in [0.2, 0.25) is 5.88 Å². The molecule has 5 nitrogen and oxygen atoms in total. The molecule has 0 radical (unpaired) electrons. The van der Waals surface area contributed by atoms with Crippen molar-refractivity contribution in [2.24, 2.45) is 7.05 Å². The lowest BCUT2D eigenvalue weighted by Gasteiger charge is -2.12. The van der Waals surface area contributed by atoms with Crippen molar-refractivity contribution in [3.05, 3.63) is 45.1 Å². The summed E-state index contributed by atoms with van der Waals surface area (Å²) in [6, 6.07) is 1.75. The van der Waals surface area contributed by atoms with Crippen molar-refractivity contribution in [3.63, 3.8) is 0 Å². The highest BCUT2D eigenvalue weighted by atomic mass is 35.5. The van der Waals surface area contributed by atoms with Gasteiger partial charge in [0.05, 0.1) is 6.20 Å². The number of hydrogen-bond donors (Lipinski definition) is 0. The lowest BCUT2D eigenvalue weighted by atomic mass is 9.95. The first kappa shape index (κ1) is 16.2. The van der Waals surface area contributed by atoms with Gasteiger partial charge in [-0.05, 0) is 43.5 Å². The zero-order valence-corrected chi connectivity index (χ0v) is 13.9. The molecule has 6 heteroatoms. The fourth-order valence-corrected chi connectivity index (χ4v) is 2.47. The van der Waals surface area contributed by atoms with Crippen LogP contribution in [0.2, 0.25) is 5.02 Å². The van der Waals surface area contributed by atoms with E-state index < -0.39 is 5.97 Å². The van der Waals surface area contributed by atoms with Crippen molar-refractivity contribution >= 4 is 23.4 Å². The normalized spacial score (nSPS) is 10.6. The van der Waals surface area contributed by atoms with Crippen molar-refractivity contribution in [1.29, 1.82) is 0 Å². The second kappa shape index (κ2) is 5.93. The number of esters is 1. The highest BCUT2D eigenvalue weighted by Crippen LogP contribution is 2.29. The van der Waals surface area contributed by atoms with Crippen LogP contribution in [0, 0.1) is 20.8 Å². The number of ether oxygens (including phenoxy) is 1. The Hall–Kier alpha value is -2.14. The molecule has 0 amide bonds. The van der Waals surface area contributed by atoms with Gasteiger partial charge in [-0.15, -0.1) is 0 Å². The Kier molecular flexibility index (Phi) is 4.37. The lowest BCUT2D eigenvalue weighted by Crippen LogP contribution is -2.11. The number of aromatic nitrogens is 2. The predicted molar refractivity (Wildman–Crippen MR) is 83.6 cm³/mol. The average molecular weight is 321 g/mol. The molecule has 0 fully saturated rings. The Morgan fingerprint density at radius 1 is 1.18 bits per heavy atom. The fraction of sp³-hybridized carbons (Fsp3) is 0.312. The summed E-state index contributed by atoms with van der Waals surface area (Å²) in [6.45, 7) is 6.85. The van der Waals surface area contributed by atoms with Gasteiger partial charge in [0.1, 0.15) is 5.56 Å². The van der Waals surface area contributed by atoms with E-state index >= 15 is 0 Å². The summed E-state index contributed by atoms with van der Waals surface area (Å²) in [4.78, 5) is 24.0. The van der Waals surface area contributed by atoms with E-state index in [1.807, 2.05) is 20.8 Å². The summed E-state index contributed by atoms with van der Waals surface area (Å²) in [5.41, 5.74) is 3.27. The summed E-state index contributed by atoms with van der Waals surface area (Å²) < 4.78 is 6.46. The first-order chi connectivity index (χ1) is 10.2. The molecule has 2 rings (SSSR count). The maximum atomic E-state index is 12.8. The van der Waals surface area contributed by atoms with Crippen molar-refractivity contribution in [2.75, 3.05) is 0 Å². The molecule has 0 unspecified atom stereocenters. The molecule has 0 saturated carbocycles. The first-order valence-corrected chi connectivity index (χ1v) is 7.13. The van der Waals surface area contributed by atoms with Crippen LogP contribution < -0.4 is 4.74 Å². The minimum atomic E-state index is -0.502. The van der Waals surface area contributed by atoms with Gasteiger partial charge in [-0.2, -0.15) is 5.10 Å². The molecule has 1 aromatic heterocycles. The number of carbonyl (C=O) groups is 2. The molecule has 116 valence electrons. The van der Waals surface area contributed by atoms with Crippen LogP contribution in [0.1, 0.15) is 39.5 Å². The van der Waals surface area contributed by atoms with Crippen LogP contribution in [0.3, 0.4) is 0 Å². The van der Waals surface area contributed by atoms with Crippen molar-refractivity contribution in [3.8, 4) is 5.88 Å². The lowest BCUT2D eigenvalue weighted by molar-refractivity contribution is -0.132. The van der Waals surface area contributed by atoms with E-state index in [4.69, 9.17) is 16.3 Å². The van der Waals surface area contributed by atoms with Crippen LogP contribution in [0.15, 0.2) is 12.3 Å². The minimum absolute atomic E-state index is 0.141. The Balaban J connectivity index is 2.57. The number of halogens is 1. The number of benzene rings is 1.